The predicted octanol–water partition coefficient (Wildman–Crippen LogP) is 2.67. The van der Waals surface area contributed by atoms with Gasteiger partial charge in [0.1, 0.15) is 0 Å². The fourth-order valence-corrected chi connectivity index (χ4v) is 3.08. The first-order chi connectivity index (χ1) is 11.2. The van der Waals surface area contributed by atoms with Crippen molar-refractivity contribution in [2.75, 3.05) is 53.1 Å². The number of nitrogens with one attached hydrogen (secondary N) is 1. The van der Waals surface area contributed by atoms with Gasteiger partial charge in [-0.2, -0.15) is 0 Å². The molecule has 0 bridgehead atoms. The van der Waals surface area contributed by atoms with Crippen molar-refractivity contribution in [1.82, 2.24) is 10.2 Å². The summed E-state index contributed by atoms with van der Waals surface area (Å²) in [7, 11) is 1.67. The summed E-state index contributed by atoms with van der Waals surface area (Å²) in [6.45, 7) is 9.39. The van der Waals surface area contributed by atoms with E-state index in [2.05, 4.69) is 26.1 Å². The molecule has 1 aliphatic rings. The molecule has 1 heterocycles. The fraction of sp³-hybridized carbons (Fsp3) is 0.647. The third kappa shape index (κ3) is 5.95. The van der Waals surface area contributed by atoms with Crippen LogP contribution in [0.2, 0.25) is 0 Å². The van der Waals surface area contributed by atoms with Crippen molar-refractivity contribution in [2.24, 2.45) is 0 Å². The zero-order chi connectivity index (χ0) is 16.5. The maximum absolute atomic E-state index is 5.58. The molecule has 1 aromatic rings. The molecule has 0 atom stereocenters. The van der Waals surface area contributed by atoms with E-state index in [0.717, 1.165) is 68.3 Å². The molecule has 23 heavy (non-hydrogen) atoms. The van der Waals surface area contributed by atoms with Gasteiger partial charge in [-0.1, -0.05) is 15.9 Å². The van der Waals surface area contributed by atoms with Crippen LogP contribution < -0.4 is 14.8 Å². The van der Waals surface area contributed by atoms with Crippen LogP contribution in [0.5, 0.6) is 11.5 Å². The standard InChI is InChI=1S/C17H27BrN2O3/c1-3-23-17-12-15(18)14(11-16(17)21-2)13-19-5-4-6-20-7-9-22-10-8-20/h11-12,19H,3-10,13H2,1-2H3. The molecule has 0 radical (unpaired) electrons. The van der Waals surface area contributed by atoms with Gasteiger partial charge in [-0.15, -0.1) is 0 Å². The number of rotatable bonds is 9. The van der Waals surface area contributed by atoms with Crippen LogP contribution in [0, 0.1) is 0 Å². The topological polar surface area (TPSA) is 43.0 Å². The van der Waals surface area contributed by atoms with E-state index >= 15 is 0 Å². The van der Waals surface area contributed by atoms with Crippen LogP contribution in [0.4, 0.5) is 0 Å². The number of hydrogen-bond donors (Lipinski definition) is 1. The molecule has 0 spiro atoms. The van der Waals surface area contributed by atoms with Crippen molar-refractivity contribution in [3.63, 3.8) is 0 Å². The molecule has 5 nitrogen and oxygen atoms in total. The van der Waals surface area contributed by atoms with E-state index in [1.165, 1.54) is 5.56 Å². The largest absolute Gasteiger partial charge is 0.493 e. The summed E-state index contributed by atoms with van der Waals surface area (Å²) in [5.41, 5.74) is 1.18. The maximum atomic E-state index is 5.58. The number of ether oxygens (including phenoxy) is 3. The number of benzene rings is 1. The van der Waals surface area contributed by atoms with E-state index in [0.29, 0.717) is 6.61 Å². The van der Waals surface area contributed by atoms with Gasteiger partial charge in [0.2, 0.25) is 0 Å². The monoisotopic (exact) mass is 386 g/mol. The Bertz CT molecular complexity index is 479. The highest BCUT2D eigenvalue weighted by Crippen LogP contribution is 2.33. The van der Waals surface area contributed by atoms with Gasteiger partial charge in [0.05, 0.1) is 26.9 Å². The third-order valence-electron chi connectivity index (χ3n) is 3.88. The van der Waals surface area contributed by atoms with E-state index in [1.807, 2.05) is 19.1 Å². The lowest BCUT2D eigenvalue weighted by Crippen LogP contribution is -2.37. The fourth-order valence-electron chi connectivity index (χ4n) is 2.62. The highest BCUT2D eigenvalue weighted by Gasteiger charge is 2.11. The van der Waals surface area contributed by atoms with Gasteiger partial charge in [0.25, 0.3) is 0 Å². The molecular weight excluding hydrogens is 360 g/mol. The first kappa shape index (κ1) is 18.5. The molecule has 0 aromatic heterocycles. The molecule has 1 aromatic carbocycles. The van der Waals surface area contributed by atoms with Gasteiger partial charge in [0.15, 0.2) is 11.5 Å². The molecule has 2 rings (SSSR count). The van der Waals surface area contributed by atoms with Crippen molar-refractivity contribution in [3.8, 4) is 11.5 Å². The van der Waals surface area contributed by atoms with Gasteiger partial charge in [0, 0.05) is 24.1 Å². The Hall–Kier alpha value is -0.820. The molecule has 1 fully saturated rings. The minimum atomic E-state index is 0.627. The van der Waals surface area contributed by atoms with E-state index < -0.39 is 0 Å². The summed E-state index contributed by atoms with van der Waals surface area (Å²) >= 11 is 3.61. The predicted molar refractivity (Wildman–Crippen MR) is 95.4 cm³/mol. The van der Waals surface area contributed by atoms with Crippen LogP contribution in [-0.4, -0.2) is 58.0 Å². The Morgan fingerprint density at radius 2 is 2.04 bits per heavy atom. The summed E-state index contributed by atoms with van der Waals surface area (Å²) < 4.78 is 17.4. The second kappa shape index (κ2) is 10.1. The molecule has 6 heteroatoms. The van der Waals surface area contributed by atoms with Gasteiger partial charge in [-0.3, -0.25) is 4.90 Å². The lowest BCUT2D eigenvalue weighted by Gasteiger charge is -2.26. The third-order valence-corrected chi connectivity index (χ3v) is 4.62. The van der Waals surface area contributed by atoms with Crippen LogP contribution >= 0.6 is 15.9 Å². The minimum Gasteiger partial charge on any atom is -0.493 e. The number of methoxy groups -OCH3 is 1. The zero-order valence-electron chi connectivity index (χ0n) is 14.1. The second-order valence-electron chi connectivity index (χ2n) is 5.51. The molecule has 0 unspecified atom stereocenters. The van der Waals surface area contributed by atoms with Crippen LogP contribution in [0.15, 0.2) is 16.6 Å². The minimum absolute atomic E-state index is 0.627. The lowest BCUT2D eigenvalue weighted by molar-refractivity contribution is 0.0374. The molecular formula is C17H27BrN2O3. The first-order valence-electron chi connectivity index (χ1n) is 8.24. The number of morpholine rings is 1. The highest BCUT2D eigenvalue weighted by atomic mass is 79.9. The Morgan fingerprint density at radius 3 is 2.74 bits per heavy atom. The quantitative estimate of drug-likeness (QED) is 0.660. The highest BCUT2D eigenvalue weighted by molar-refractivity contribution is 9.10. The average Bonchev–Trinajstić information content (AvgIpc) is 2.57. The zero-order valence-corrected chi connectivity index (χ0v) is 15.7. The molecule has 0 amide bonds. The molecule has 130 valence electrons. The summed E-state index contributed by atoms with van der Waals surface area (Å²) in [5, 5.41) is 3.50. The van der Waals surface area contributed by atoms with Gasteiger partial charge >= 0.3 is 0 Å². The summed E-state index contributed by atoms with van der Waals surface area (Å²) in [5.74, 6) is 1.55. The maximum Gasteiger partial charge on any atom is 0.162 e. The van der Waals surface area contributed by atoms with Crippen LogP contribution in [0.1, 0.15) is 18.9 Å². The van der Waals surface area contributed by atoms with Gasteiger partial charge in [-0.25, -0.2) is 0 Å². The van der Waals surface area contributed by atoms with Gasteiger partial charge < -0.3 is 19.5 Å². The summed E-state index contributed by atoms with van der Waals surface area (Å²) in [4.78, 5) is 2.46. The summed E-state index contributed by atoms with van der Waals surface area (Å²) in [6.07, 6.45) is 1.14. The first-order valence-corrected chi connectivity index (χ1v) is 9.04. The Labute approximate surface area is 147 Å². The molecule has 1 N–H and O–H groups in total. The van der Waals surface area contributed by atoms with E-state index in [9.17, 15) is 0 Å². The Kier molecular flexibility index (Phi) is 8.16. The van der Waals surface area contributed by atoms with Crippen LogP contribution in [0.3, 0.4) is 0 Å². The van der Waals surface area contributed by atoms with E-state index in [-0.39, 0.29) is 0 Å². The number of hydrogen-bond acceptors (Lipinski definition) is 5. The molecule has 0 saturated carbocycles. The lowest BCUT2D eigenvalue weighted by atomic mass is 10.2. The van der Waals surface area contributed by atoms with E-state index in [1.54, 1.807) is 7.11 Å². The number of halogens is 1. The second-order valence-corrected chi connectivity index (χ2v) is 6.37. The Morgan fingerprint density at radius 1 is 1.26 bits per heavy atom. The molecule has 1 saturated heterocycles. The van der Waals surface area contributed by atoms with Crippen LogP contribution in [0.25, 0.3) is 0 Å². The van der Waals surface area contributed by atoms with Gasteiger partial charge in [-0.05, 0) is 44.1 Å². The van der Waals surface area contributed by atoms with Crippen molar-refractivity contribution in [1.29, 1.82) is 0 Å². The molecule has 1 aliphatic heterocycles. The SMILES string of the molecule is CCOc1cc(Br)c(CNCCCN2CCOCC2)cc1OC. The van der Waals surface area contributed by atoms with Crippen molar-refractivity contribution < 1.29 is 14.2 Å². The van der Waals surface area contributed by atoms with Crippen LogP contribution in [-0.2, 0) is 11.3 Å². The number of nitrogens with zero attached hydrogens (tertiary/aromatic N) is 1. The molecule has 0 aliphatic carbocycles. The van der Waals surface area contributed by atoms with Crippen molar-refractivity contribution in [3.05, 3.63) is 22.2 Å². The summed E-state index contributed by atoms with van der Waals surface area (Å²) in [6, 6.07) is 4.01. The normalized spacial score (nSPS) is 15.6. The van der Waals surface area contributed by atoms with Crippen molar-refractivity contribution >= 4 is 15.9 Å². The van der Waals surface area contributed by atoms with E-state index in [4.69, 9.17) is 14.2 Å². The smallest absolute Gasteiger partial charge is 0.162 e. The Balaban J connectivity index is 1.76. The average molecular weight is 387 g/mol. The van der Waals surface area contributed by atoms with Crippen molar-refractivity contribution in [2.45, 2.75) is 19.9 Å².